The molecule has 29 heavy (non-hydrogen) atoms. The van der Waals surface area contributed by atoms with Crippen LogP contribution in [0.25, 0.3) is 38.7 Å². The number of benzene rings is 3. The molecular formula is C24H16N2O3. The summed E-state index contributed by atoms with van der Waals surface area (Å²) in [4.78, 5) is 12.1. The van der Waals surface area contributed by atoms with Gasteiger partial charge in [0.25, 0.3) is 5.52 Å². The molecule has 2 heterocycles. The van der Waals surface area contributed by atoms with Gasteiger partial charge in [0.1, 0.15) is 0 Å². The number of pyridine rings is 1. The number of rotatable bonds is 3. The minimum absolute atomic E-state index is 0.0260. The third-order valence-corrected chi connectivity index (χ3v) is 5.12. The number of fused-ring (bicyclic) bond motifs is 3. The molecule has 0 unspecified atom stereocenters. The summed E-state index contributed by atoms with van der Waals surface area (Å²) in [5, 5.41) is 17.5. The summed E-state index contributed by atoms with van der Waals surface area (Å²) in [6.45, 7) is 1.54. The minimum Gasteiger partial charge on any atom is -0.539 e. The monoisotopic (exact) mass is 380 g/mol. The number of hydrogen-bond acceptors (Lipinski definition) is 4. The van der Waals surface area contributed by atoms with E-state index in [4.69, 9.17) is 4.52 Å². The second kappa shape index (κ2) is 6.56. The maximum atomic E-state index is 12.7. The van der Waals surface area contributed by atoms with Crippen molar-refractivity contribution in [3.8, 4) is 28.2 Å². The van der Waals surface area contributed by atoms with E-state index in [2.05, 4.69) is 5.27 Å². The first-order valence-electron chi connectivity index (χ1n) is 9.25. The molecule has 0 atom stereocenters. The van der Waals surface area contributed by atoms with Crippen LogP contribution in [0.2, 0.25) is 0 Å². The molecule has 5 nitrogen and oxygen atoms in total. The molecule has 0 radical (unpaired) electrons. The zero-order valence-corrected chi connectivity index (χ0v) is 15.6. The summed E-state index contributed by atoms with van der Waals surface area (Å²) in [5.41, 5.74) is 5.10. The maximum Gasteiger partial charge on any atom is 0.272 e. The van der Waals surface area contributed by atoms with Gasteiger partial charge >= 0.3 is 0 Å². The van der Waals surface area contributed by atoms with E-state index >= 15 is 0 Å². The lowest BCUT2D eigenvalue weighted by molar-refractivity contribution is -0.567. The third kappa shape index (κ3) is 2.67. The van der Waals surface area contributed by atoms with Crippen molar-refractivity contribution >= 4 is 22.2 Å². The highest BCUT2D eigenvalue weighted by atomic mass is 16.6. The minimum atomic E-state index is -0.501. The fourth-order valence-corrected chi connectivity index (χ4v) is 3.80. The molecule has 0 N–H and O–H groups in total. The van der Waals surface area contributed by atoms with Crippen LogP contribution in [0.15, 0.2) is 83.4 Å². The Hall–Kier alpha value is -3.99. The number of ketones is 1. The third-order valence-electron chi connectivity index (χ3n) is 5.12. The predicted octanol–water partition coefficient (Wildman–Crippen LogP) is 4.18. The molecule has 0 aliphatic heterocycles. The molecule has 0 fully saturated rings. The van der Waals surface area contributed by atoms with Gasteiger partial charge in [-0.05, 0) is 34.7 Å². The van der Waals surface area contributed by atoms with Gasteiger partial charge in [0.05, 0.1) is 16.2 Å². The first-order valence-corrected chi connectivity index (χ1v) is 9.25. The van der Waals surface area contributed by atoms with Crippen molar-refractivity contribution in [2.75, 3.05) is 0 Å². The molecule has 0 aliphatic carbocycles. The number of carbonyl (C=O) groups excluding carboxylic acids is 1. The van der Waals surface area contributed by atoms with Crippen LogP contribution in [0.5, 0.6) is 5.95 Å². The molecule has 0 spiro atoms. The van der Waals surface area contributed by atoms with E-state index in [9.17, 15) is 9.90 Å². The Kier molecular flexibility index (Phi) is 3.88. The Balaban J connectivity index is 2.06. The van der Waals surface area contributed by atoms with Gasteiger partial charge in [-0.1, -0.05) is 60.7 Å². The van der Waals surface area contributed by atoms with Crippen molar-refractivity contribution in [2.45, 2.75) is 6.92 Å². The summed E-state index contributed by atoms with van der Waals surface area (Å²) in [6.07, 6.45) is 0. The first-order chi connectivity index (χ1) is 14.1. The van der Waals surface area contributed by atoms with Crippen LogP contribution in [0.1, 0.15) is 17.3 Å². The highest BCUT2D eigenvalue weighted by Gasteiger charge is 2.27. The van der Waals surface area contributed by atoms with Gasteiger partial charge in [0.15, 0.2) is 11.7 Å². The number of Topliss-reactive ketones (excluding diaryl/α,β-unsaturated/α-hetero) is 1. The molecular weight excluding hydrogens is 364 g/mol. The Labute approximate surface area is 166 Å². The van der Waals surface area contributed by atoms with Crippen molar-refractivity contribution in [2.24, 2.45) is 0 Å². The second-order valence-corrected chi connectivity index (χ2v) is 6.89. The summed E-state index contributed by atoms with van der Waals surface area (Å²) < 4.78 is 6.57. The van der Waals surface area contributed by atoms with Crippen LogP contribution in [0, 0.1) is 0 Å². The molecule has 0 amide bonds. The van der Waals surface area contributed by atoms with E-state index in [1.165, 1.54) is 4.52 Å². The molecule has 5 aromatic rings. The van der Waals surface area contributed by atoms with Crippen LogP contribution >= 0.6 is 0 Å². The van der Waals surface area contributed by atoms with Crippen molar-refractivity contribution in [1.82, 2.24) is 5.27 Å². The van der Waals surface area contributed by atoms with Crippen molar-refractivity contribution in [3.63, 3.8) is 0 Å². The normalized spacial score (nSPS) is 11.2. The summed E-state index contributed by atoms with van der Waals surface area (Å²) in [5.74, 6) is -0.527. The Bertz CT molecular complexity index is 1370. The van der Waals surface area contributed by atoms with Gasteiger partial charge in [0, 0.05) is 17.2 Å². The van der Waals surface area contributed by atoms with Gasteiger partial charge in [-0.3, -0.25) is 4.79 Å². The van der Waals surface area contributed by atoms with Crippen LogP contribution in [-0.4, -0.2) is 11.1 Å². The van der Waals surface area contributed by atoms with E-state index in [1.54, 1.807) is 13.0 Å². The molecule has 0 saturated heterocycles. The molecule has 5 heteroatoms. The van der Waals surface area contributed by atoms with Crippen LogP contribution < -0.4 is 9.62 Å². The molecule has 0 bridgehead atoms. The Morgan fingerprint density at radius 1 is 0.897 bits per heavy atom. The highest BCUT2D eigenvalue weighted by molar-refractivity contribution is 6.08. The average Bonchev–Trinajstić information content (AvgIpc) is 3.15. The lowest BCUT2D eigenvalue weighted by Crippen LogP contribution is -2.25. The lowest BCUT2D eigenvalue weighted by Gasteiger charge is -2.13. The van der Waals surface area contributed by atoms with Crippen LogP contribution in [-0.2, 0) is 0 Å². The van der Waals surface area contributed by atoms with E-state index in [1.807, 2.05) is 72.8 Å². The van der Waals surface area contributed by atoms with Gasteiger partial charge in [-0.2, -0.15) is 0 Å². The van der Waals surface area contributed by atoms with E-state index in [0.717, 1.165) is 27.6 Å². The lowest BCUT2D eigenvalue weighted by atomic mass is 9.90. The summed E-state index contributed by atoms with van der Waals surface area (Å²) >= 11 is 0. The first kappa shape index (κ1) is 17.1. The highest BCUT2D eigenvalue weighted by Crippen LogP contribution is 2.41. The molecule has 3 aromatic carbocycles. The maximum absolute atomic E-state index is 12.7. The van der Waals surface area contributed by atoms with Crippen molar-refractivity contribution in [1.29, 1.82) is 0 Å². The van der Waals surface area contributed by atoms with Gasteiger partial charge in [-0.25, -0.2) is 0 Å². The molecule has 140 valence electrons. The average molecular weight is 380 g/mol. The topological polar surface area (TPSA) is 70.3 Å². The standard InChI is InChI=1S/C24H16N2O3/c1-15(27)18-12-13-20-19(14-18)21(16-8-4-2-5-9-16)22(17-10-6-3-7-11-17)23-24(28)29-25-26(20)23/h2-14H,1H3. The number of nitrogens with zero attached hydrogens (tertiary/aromatic N) is 2. The van der Waals surface area contributed by atoms with E-state index < -0.39 is 5.95 Å². The molecule has 5 rings (SSSR count). The number of carbonyl (C=O) groups is 1. The van der Waals surface area contributed by atoms with Crippen molar-refractivity contribution < 1.29 is 18.9 Å². The SMILES string of the molecule is CC(=O)c1ccc2c(c1)c(-c1ccccc1)c(-c1ccccc1)c1c([O-])on[n+]12. The zero-order valence-electron chi connectivity index (χ0n) is 15.6. The Morgan fingerprint density at radius 2 is 1.52 bits per heavy atom. The fraction of sp³-hybridized carbons (Fsp3) is 0.0417. The van der Waals surface area contributed by atoms with Crippen LogP contribution in [0.4, 0.5) is 0 Å². The smallest absolute Gasteiger partial charge is 0.272 e. The predicted molar refractivity (Wildman–Crippen MR) is 107 cm³/mol. The summed E-state index contributed by atoms with van der Waals surface area (Å²) in [6, 6.07) is 24.9. The molecule has 0 saturated carbocycles. The Morgan fingerprint density at radius 3 is 2.14 bits per heavy atom. The summed E-state index contributed by atoms with van der Waals surface area (Å²) in [7, 11) is 0. The second-order valence-electron chi connectivity index (χ2n) is 6.89. The molecule has 0 aliphatic rings. The largest absolute Gasteiger partial charge is 0.539 e. The van der Waals surface area contributed by atoms with Crippen LogP contribution in [0.3, 0.4) is 0 Å². The van der Waals surface area contributed by atoms with E-state index in [0.29, 0.717) is 16.6 Å². The fourth-order valence-electron chi connectivity index (χ4n) is 3.80. The van der Waals surface area contributed by atoms with Gasteiger partial charge in [-0.15, -0.1) is 0 Å². The van der Waals surface area contributed by atoms with Crippen molar-refractivity contribution in [3.05, 3.63) is 84.4 Å². The van der Waals surface area contributed by atoms with Gasteiger partial charge in [0.2, 0.25) is 5.52 Å². The quantitative estimate of drug-likeness (QED) is 0.348. The zero-order chi connectivity index (χ0) is 20.0. The number of hydrogen-bond donors (Lipinski definition) is 0. The van der Waals surface area contributed by atoms with E-state index in [-0.39, 0.29) is 5.78 Å². The molecule has 2 aromatic heterocycles. The number of aromatic nitrogens is 2. The van der Waals surface area contributed by atoms with Gasteiger partial charge < -0.3 is 9.63 Å².